The molecule has 1 N–H and O–H groups in total. The molecule has 1 saturated carbocycles. The summed E-state index contributed by atoms with van der Waals surface area (Å²) in [4.78, 5) is 1.35. The first-order valence-electron chi connectivity index (χ1n) is 5.65. The van der Waals surface area contributed by atoms with Gasteiger partial charge < -0.3 is 10.1 Å². The largest absolute Gasteiger partial charge is 0.381 e. The molecule has 2 atom stereocenters. The van der Waals surface area contributed by atoms with Gasteiger partial charge in [-0.05, 0) is 44.3 Å². The molecule has 0 aromatic carbocycles. The predicted octanol–water partition coefficient (Wildman–Crippen LogP) is 4.18. The first kappa shape index (κ1) is 14.0. The maximum Gasteiger partial charge on any atom is 0.0843 e. The molecule has 2 unspecified atom stereocenters. The normalized spacial score (nSPS) is 26.9. The molecular formula is C12H17Br2NOS. The molecule has 1 aromatic rings. The Kier molecular flexibility index (Phi) is 4.36. The Bertz CT molecular complexity index is 386. The van der Waals surface area contributed by atoms with E-state index in [0.29, 0.717) is 12.1 Å². The summed E-state index contributed by atoms with van der Waals surface area (Å²) in [6.07, 6.45) is 1.50. The Balaban J connectivity index is 1.88. The van der Waals surface area contributed by atoms with Crippen LogP contribution in [0, 0.1) is 5.41 Å². The summed E-state index contributed by atoms with van der Waals surface area (Å²) < 4.78 is 7.76. The van der Waals surface area contributed by atoms with Crippen LogP contribution in [0.25, 0.3) is 0 Å². The molecule has 2 nitrogen and oxygen atoms in total. The van der Waals surface area contributed by atoms with Crippen LogP contribution in [0.5, 0.6) is 0 Å². The van der Waals surface area contributed by atoms with E-state index in [0.717, 1.165) is 21.2 Å². The van der Waals surface area contributed by atoms with Gasteiger partial charge in [-0.2, -0.15) is 0 Å². The second kappa shape index (κ2) is 5.29. The van der Waals surface area contributed by atoms with Crippen molar-refractivity contribution in [2.24, 2.45) is 5.41 Å². The lowest BCUT2D eigenvalue weighted by atomic mass is 9.64. The fourth-order valence-corrected chi connectivity index (χ4v) is 4.46. The van der Waals surface area contributed by atoms with E-state index in [1.807, 2.05) is 0 Å². The van der Waals surface area contributed by atoms with Crippen LogP contribution in [0.1, 0.15) is 25.1 Å². The number of halogens is 2. The van der Waals surface area contributed by atoms with Crippen molar-refractivity contribution in [3.05, 3.63) is 19.2 Å². The number of methoxy groups -OCH3 is 1. The monoisotopic (exact) mass is 381 g/mol. The lowest BCUT2D eigenvalue weighted by molar-refractivity contribution is -0.0978. The Morgan fingerprint density at radius 1 is 1.53 bits per heavy atom. The lowest BCUT2D eigenvalue weighted by Crippen LogP contribution is -2.60. The second-order valence-corrected chi connectivity index (χ2v) is 8.36. The van der Waals surface area contributed by atoms with Gasteiger partial charge >= 0.3 is 0 Å². The molecule has 1 aromatic heterocycles. The van der Waals surface area contributed by atoms with Gasteiger partial charge in [0.2, 0.25) is 0 Å². The van der Waals surface area contributed by atoms with Gasteiger partial charge in [-0.3, -0.25) is 0 Å². The molecule has 0 spiro atoms. The van der Waals surface area contributed by atoms with Crippen LogP contribution in [0.15, 0.2) is 14.3 Å². The average Bonchev–Trinajstić information content (AvgIpc) is 2.57. The van der Waals surface area contributed by atoms with Crippen molar-refractivity contribution in [2.45, 2.75) is 39.0 Å². The second-order valence-electron chi connectivity index (χ2n) is 5.05. The third kappa shape index (κ3) is 2.78. The molecule has 17 heavy (non-hydrogen) atoms. The number of thiophene rings is 1. The molecule has 0 amide bonds. The van der Waals surface area contributed by atoms with E-state index in [1.165, 1.54) is 4.88 Å². The molecule has 0 bridgehead atoms. The number of rotatable bonds is 4. The highest BCUT2D eigenvalue weighted by Gasteiger charge is 2.48. The van der Waals surface area contributed by atoms with E-state index in [1.54, 1.807) is 18.4 Å². The Labute approximate surface area is 123 Å². The van der Waals surface area contributed by atoms with E-state index in [-0.39, 0.29) is 5.41 Å². The van der Waals surface area contributed by atoms with E-state index < -0.39 is 0 Å². The van der Waals surface area contributed by atoms with Crippen molar-refractivity contribution < 1.29 is 4.74 Å². The minimum Gasteiger partial charge on any atom is -0.381 e. The van der Waals surface area contributed by atoms with Crippen LogP contribution in [0.3, 0.4) is 0 Å². The summed E-state index contributed by atoms with van der Waals surface area (Å²) in [6.45, 7) is 5.46. The standard InChI is InChI=1S/C12H17Br2NOS/c1-12(2)9(5-10(12)16-3)15-6-7-4-8(13)11(14)17-7/h4,9-10,15H,5-6H2,1-3H3. The molecule has 0 aliphatic heterocycles. The summed E-state index contributed by atoms with van der Waals surface area (Å²) in [5.41, 5.74) is 0.237. The zero-order chi connectivity index (χ0) is 12.6. The highest BCUT2D eigenvalue weighted by atomic mass is 79.9. The number of hydrogen-bond donors (Lipinski definition) is 1. The zero-order valence-corrected chi connectivity index (χ0v) is 14.2. The van der Waals surface area contributed by atoms with E-state index in [4.69, 9.17) is 4.74 Å². The van der Waals surface area contributed by atoms with Gasteiger partial charge in [0.25, 0.3) is 0 Å². The van der Waals surface area contributed by atoms with Crippen molar-refractivity contribution in [2.75, 3.05) is 7.11 Å². The van der Waals surface area contributed by atoms with Crippen LogP contribution in [-0.4, -0.2) is 19.3 Å². The summed E-state index contributed by atoms with van der Waals surface area (Å²) in [5, 5.41) is 3.62. The van der Waals surface area contributed by atoms with Gasteiger partial charge in [-0.1, -0.05) is 13.8 Å². The highest BCUT2D eigenvalue weighted by molar-refractivity contribution is 9.13. The van der Waals surface area contributed by atoms with E-state index in [2.05, 4.69) is 57.1 Å². The number of nitrogens with one attached hydrogen (secondary N) is 1. The molecule has 96 valence electrons. The van der Waals surface area contributed by atoms with Crippen LogP contribution >= 0.6 is 43.2 Å². The van der Waals surface area contributed by atoms with E-state index >= 15 is 0 Å². The Hall–Kier alpha value is 0.580. The molecule has 1 heterocycles. The van der Waals surface area contributed by atoms with Crippen molar-refractivity contribution in [3.63, 3.8) is 0 Å². The molecule has 1 fully saturated rings. The molecule has 1 aliphatic carbocycles. The van der Waals surface area contributed by atoms with Gasteiger partial charge in [0.05, 0.1) is 9.89 Å². The summed E-state index contributed by atoms with van der Waals surface area (Å²) in [5.74, 6) is 0. The van der Waals surface area contributed by atoms with Crippen molar-refractivity contribution in [3.8, 4) is 0 Å². The first-order chi connectivity index (χ1) is 7.95. The minimum absolute atomic E-state index is 0.237. The summed E-state index contributed by atoms with van der Waals surface area (Å²) in [7, 11) is 1.80. The molecule has 0 radical (unpaired) electrons. The molecular weight excluding hydrogens is 366 g/mol. The van der Waals surface area contributed by atoms with Gasteiger partial charge in [0.1, 0.15) is 0 Å². The van der Waals surface area contributed by atoms with Crippen molar-refractivity contribution in [1.82, 2.24) is 5.32 Å². The number of hydrogen-bond acceptors (Lipinski definition) is 3. The van der Waals surface area contributed by atoms with Gasteiger partial charge in [0.15, 0.2) is 0 Å². The molecule has 0 saturated heterocycles. The SMILES string of the molecule is COC1CC(NCc2cc(Br)c(Br)s2)C1(C)C. The Morgan fingerprint density at radius 3 is 2.71 bits per heavy atom. The fraction of sp³-hybridized carbons (Fsp3) is 0.667. The number of ether oxygens (including phenoxy) is 1. The van der Waals surface area contributed by atoms with Crippen molar-refractivity contribution in [1.29, 1.82) is 0 Å². The molecule has 5 heteroatoms. The predicted molar refractivity (Wildman–Crippen MR) is 79.5 cm³/mol. The van der Waals surface area contributed by atoms with Crippen LogP contribution in [0.2, 0.25) is 0 Å². The topological polar surface area (TPSA) is 21.3 Å². The van der Waals surface area contributed by atoms with E-state index in [9.17, 15) is 0 Å². The van der Waals surface area contributed by atoms with Crippen LogP contribution in [-0.2, 0) is 11.3 Å². The van der Waals surface area contributed by atoms with Gasteiger partial charge in [0, 0.05) is 34.5 Å². The minimum atomic E-state index is 0.237. The third-order valence-corrected chi connectivity index (χ3v) is 6.94. The summed E-state index contributed by atoms with van der Waals surface area (Å²) in [6, 6.07) is 2.72. The lowest BCUT2D eigenvalue weighted by Gasteiger charge is -2.51. The quantitative estimate of drug-likeness (QED) is 0.843. The first-order valence-corrected chi connectivity index (χ1v) is 8.05. The maximum absolute atomic E-state index is 5.45. The zero-order valence-electron chi connectivity index (χ0n) is 10.2. The summed E-state index contributed by atoms with van der Waals surface area (Å²) >= 11 is 8.81. The van der Waals surface area contributed by atoms with Gasteiger partial charge in [-0.25, -0.2) is 0 Å². The fourth-order valence-electron chi connectivity index (χ4n) is 2.33. The van der Waals surface area contributed by atoms with Crippen LogP contribution < -0.4 is 5.32 Å². The molecule has 1 aliphatic rings. The smallest absolute Gasteiger partial charge is 0.0843 e. The average molecular weight is 383 g/mol. The van der Waals surface area contributed by atoms with Crippen molar-refractivity contribution >= 4 is 43.2 Å². The highest BCUT2D eigenvalue weighted by Crippen LogP contribution is 2.42. The van der Waals surface area contributed by atoms with Gasteiger partial charge in [-0.15, -0.1) is 11.3 Å². The third-order valence-electron chi connectivity index (χ3n) is 3.68. The maximum atomic E-state index is 5.45. The Morgan fingerprint density at radius 2 is 2.24 bits per heavy atom. The molecule has 2 rings (SSSR count). The van der Waals surface area contributed by atoms with Crippen LogP contribution in [0.4, 0.5) is 0 Å².